The number of nitrogens with two attached hydrogens (primary N) is 1. The van der Waals surface area contributed by atoms with Crippen molar-refractivity contribution >= 4 is 15.7 Å². The summed E-state index contributed by atoms with van der Waals surface area (Å²) in [6.45, 7) is 6.31. The first kappa shape index (κ1) is 15.3. The number of nitrogen functional groups attached to an aromatic ring is 1. The van der Waals surface area contributed by atoms with Gasteiger partial charge >= 0.3 is 0 Å². The van der Waals surface area contributed by atoms with Gasteiger partial charge in [0, 0.05) is 18.3 Å². The smallest absolute Gasteiger partial charge is 0.240 e. The van der Waals surface area contributed by atoms with Crippen molar-refractivity contribution in [1.82, 2.24) is 4.72 Å². The highest BCUT2D eigenvalue weighted by atomic mass is 32.2. The molecule has 2 rings (SSSR count). The molecule has 1 heterocycles. The summed E-state index contributed by atoms with van der Waals surface area (Å²) in [7, 11) is -3.51. The van der Waals surface area contributed by atoms with Crippen molar-refractivity contribution in [3.05, 3.63) is 23.8 Å². The van der Waals surface area contributed by atoms with Crippen molar-refractivity contribution in [3.63, 3.8) is 0 Å². The summed E-state index contributed by atoms with van der Waals surface area (Å²) in [6.07, 6.45) is 1.36. The zero-order valence-corrected chi connectivity index (χ0v) is 13.0. The molecule has 1 unspecified atom stereocenters. The maximum Gasteiger partial charge on any atom is 0.240 e. The average Bonchev–Trinajstić information content (AvgIpc) is 2.30. The van der Waals surface area contributed by atoms with Crippen LogP contribution in [0, 0.1) is 6.92 Å². The van der Waals surface area contributed by atoms with Gasteiger partial charge < -0.3 is 10.5 Å². The molecule has 0 bridgehead atoms. The van der Waals surface area contributed by atoms with Gasteiger partial charge in [0.15, 0.2) is 0 Å². The topological polar surface area (TPSA) is 81.4 Å². The second kappa shape index (κ2) is 5.35. The van der Waals surface area contributed by atoms with Crippen molar-refractivity contribution < 1.29 is 13.2 Å². The Labute approximate surface area is 120 Å². The quantitative estimate of drug-likeness (QED) is 0.834. The van der Waals surface area contributed by atoms with Gasteiger partial charge in [-0.3, -0.25) is 0 Å². The van der Waals surface area contributed by atoms with Crippen molar-refractivity contribution in [1.29, 1.82) is 0 Å². The Balaban J connectivity index is 2.16. The number of hydrogen-bond donors (Lipinski definition) is 2. The molecule has 1 aromatic carbocycles. The Hall–Kier alpha value is -1.11. The molecule has 1 atom stereocenters. The summed E-state index contributed by atoms with van der Waals surface area (Å²) >= 11 is 0. The molecule has 1 aliphatic rings. The van der Waals surface area contributed by atoms with E-state index >= 15 is 0 Å². The molecular weight excluding hydrogens is 276 g/mol. The highest BCUT2D eigenvalue weighted by Crippen LogP contribution is 2.25. The molecule has 0 aromatic heterocycles. The molecule has 20 heavy (non-hydrogen) atoms. The predicted molar refractivity (Wildman–Crippen MR) is 79.0 cm³/mol. The minimum Gasteiger partial charge on any atom is -0.399 e. The maximum atomic E-state index is 12.4. The van der Waals surface area contributed by atoms with Crippen molar-refractivity contribution in [3.8, 4) is 0 Å². The SMILES string of the molecule is Cc1cc(S(=O)(=O)NC2CCOC(C)(C)C2)ccc1N. The summed E-state index contributed by atoms with van der Waals surface area (Å²) < 4.78 is 33.1. The number of aryl methyl sites for hydroxylation is 1. The van der Waals surface area contributed by atoms with E-state index in [1.54, 1.807) is 19.1 Å². The minimum atomic E-state index is -3.51. The Morgan fingerprint density at radius 2 is 2.10 bits per heavy atom. The number of hydrogen-bond acceptors (Lipinski definition) is 4. The van der Waals surface area contributed by atoms with Crippen LogP contribution in [0.5, 0.6) is 0 Å². The molecule has 0 spiro atoms. The van der Waals surface area contributed by atoms with Gasteiger partial charge in [0.1, 0.15) is 0 Å². The molecule has 0 aliphatic carbocycles. The number of sulfonamides is 1. The first-order valence-corrected chi connectivity index (χ1v) is 8.20. The van der Waals surface area contributed by atoms with Crippen LogP contribution >= 0.6 is 0 Å². The van der Waals surface area contributed by atoms with Crippen molar-refractivity contribution in [2.24, 2.45) is 0 Å². The van der Waals surface area contributed by atoms with Crippen molar-refractivity contribution in [2.75, 3.05) is 12.3 Å². The number of benzene rings is 1. The second-order valence-corrected chi connectivity index (χ2v) is 7.65. The molecule has 0 amide bonds. The third-order valence-corrected chi connectivity index (χ3v) is 5.09. The van der Waals surface area contributed by atoms with Crippen LogP contribution < -0.4 is 10.5 Å². The summed E-state index contributed by atoms with van der Waals surface area (Å²) in [4.78, 5) is 0.258. The van der Waals surface area contributed by atoms with Gasteiger partial charge in [-0.2, -0.15) is 0 Å². The van der Waals surface area contributed by atoms with Gasteiger partial charge in [-0.05, 0) is 57.4 Å². The van der Waals surface area contributed by atoms with Crippen molar-refractivity contribution in [2.45, 2.75) is 50.2 Å². The molecule has 1 saturated heterocycles. The molecule has 112 valence electrons. The van der Waals surface area contributed by atoms with E-state index < -0.39 is 10.0 Å². The van der Waals surface area contributed by atoms with E-state index in [4.69, 9.17) is 10.5 Å². The Kier molecular flexibility index (Phi) is 4.09. The van der Waals surface area contributed by atoms with E-state index in [1.165, 1.54) is 6.07 Å². The molecular formula is C14H22N2O3S. The van der Waals surface area contributed by atoms with Gasteiger partial charge in [0.05, 0.1) is 10.5 Å². The molecule has 1 aromatic rings. The van der Waals surface area contributed by atoms with Gasteiger partial charge in [-0.15, -0.1) is 0 Å². The zero-order valence-electron chi connectivity index (χ0n) is 12.1. The number of nitrogens with one attached hydrogen (secondary N) is 1. The molecule has 0 radical (unpaired) electrons. The molecule has 1 aliphatic heterocycles. The highest BCUT2D eigenvalue weighted by Gasteiger charge is 2.31. The van der Waals surface area contributed by atoms with Crippen LogP contribution in [0.4, 0.5) is 5.69 Å². The third-order valence-electron chi connectivity index (χ3n) is 3.57. The Morgan fingerprint density at radius 1 is 1.40 bits per heavy atom. The lowest BCUT2D eigenvalue weighted by molar-refractivity contribution is -0.0599. The van der Waals surface area contributed by atoms with Crippen LogP contribution in [0.25, 0.3) is 0 Å². The van der Waals surface area contributed by atoms with Crippen LogP contribution in [0.1, 0.15) is 32.3 Å². The van der Waals surface area contributed by atoms with E-state index in [0.29, 0.717) is 25.1 Å². The van der Waals surface area contributed by atoms with Gasteiger partial charge in [-0.1, -0.05) is 0 Å². The lowest BCUT2D eigenvalue weighted by Gasteiger charge is -2.35. The van der Waals surface area contributed by atoms with Gasteiger partial charge in [0.2, 0.25) is 10.0 Å². The molecule has 0 saturated carbocycles. The van der Waals surface area contributed by atoms with Gasteiger partial charge in [-0.25, -0.2) is 13.1 Å². The van der Waals surface area contributed by atoms with E-state index in [9.17, 15) is 8.42 Å². The zero-order chi connectivity index (χ0) is 15.0. The minimum absolute atomic E-state index is 0.0957. The fraction of sp³-hybridized carbons (Fsp3) is 0.571. The maximum absolute atomic E-state index is 12.4. The first-order chi connectivity index (χ1) is 9.20. The number of rotatable bonds is 3. The van der Waals surface area contributed by atoms with E-state index in [1.807, 2.05) is 13.8 Å². The largest absolute Gasteiger partial charge is 0.399 e. The Bertz CT molecular complexity index is 596. The monoisotopic (exact) mass is 298 g/mol. The summed E-state index contributed by atoms with van der Waals surface area (Å²) in [5.41, 5.74) is 6.79. The van der Waals surface area contributed by atoms with Crippen LogP contribution in [0.15, 0.2) is 23.1 Å². The Morgan fingerprint density at radius 3 is 2.70 bits per heavy atom. The highest BCUT2D eigenvalue weighted by molar-refractivity contribution is 7.89. The molecule has 6 heteroatoms. The molecule has 1 fully saturated rings. The first-order valence-electron chi connectivity index (χ1n) is 6.72. The normalized spacial score (nSPS) is 22.6. The summed E-state index contributed by atoms with van der Waals surface area (Å²) in [5.74, 6) is 0. The van der Waals surface area contributed by atoms with E-state index in [-0.39, 0.29) is 16.5 Å². The molecule has 3 N–H and O–H groups in total. The average molecular weight is 298 g/mol. The van der Waals surface area contributed by atoms with E-state index in [0.717, 1.165) is 5.56 Å². The van der Waals surface area contributed by atoms with Crippen LogP contribution in [0.2, 0.25) is 0 Å². The predicted octanol–water partition coefficient (Wildman–Crippen LogP) is 1.81. The molecule has 5 nitrogen and oxygen atoms in total. The lowest BCUT2D eigenvalue weighted by Crippen LogP contribution is -2.45. The third kappa shape index (κ3) is 3.50. The van der Waals surface area contributed by atoms with Gasteiger partial charge in [0.25, 0.3) is 0 Å². The second-order valence-electron chi connectivity index (χ2n) is 5.94. The number of ether oxygens (including phenoxy) is 1. The number of anilines is 1. The summed E-state index contributed by atoms with van der Waals surface area (Å²) in [5, 5.41) is 0. The summed E-state index contributed by atoms with van der Waals surface area (Å²) in [6, 6.07) is 4.66. The fourth-order valence-electron chi connectivity index (χ4n) is 2.44. The fourth-order valence-corrected chi connectivity index (χ4v) is 3.79. The van der Waals surface area contributed by atoms with Crippen LogP contribution in [-0.2, 0) is 14.8 Å². The van der Waals surface area contributed by atoms with E-state index in [2.05, 4.69) is 4.72 Å². The lowest BCUT2D eigenvalue weighted by atomic mass is 9.95. The standard InChI is InChI=1S/C14H22N2O3S/c1-10-8-12(4-5-13(10)15)20(17,18)16-11-6-7-19-14(2,3)9-11/h4-5,8,11,16H,6-7,9,15H2,1-3H3. The van der Waals surface area contributed by atoms with Crippen LogP contribution in [0.3, 0.4) is 0 Å². The van der Waals surface area contributed by atoms with Crippen LogP contribution in [-0.4, -0.2) is 26.7 Å².